The first-order valence-corrected chi connectivity index (χ1v) is 6.79. The molecule has 108 valence electrons. The first-order chi connectivity index (χ1) is 10.1. The number of halogens is 1. The summed E-state index contributed by atoms with van der Waals surface area (Å²) in [7, 11) is 0. The molecule has 0 radical (unpaired) electrons. The van der Waals surface area contributed by atoms with E-state index in [-0.39, 0.29) is 11.7 Å². The fourth-order valence-electron chi connectivity index (χ4n) is 1.85. The van der Waals surface area contributed by atoms with Gasteiger partial charge in [0.25, 0.3) is 5.91 Å². The van der Waals surface area contributed by atoms with E-state index in [2.05, 4.69) is 17.5 Å². The van der Waals surface area contributed by atoms with Crippen LogP contribution in [0.25, 0.3) is 0 Å². The van der Waals surface area contributed by atoms with Gasteiger partial charge in [-0.25, -0.2) is 9.82 Å². The topological polar surface area (TPSA) is 41.5 Å². The monoisotopic (exact) mass is 284 g/mol. The summed E-state index contributed by atoms with van der Waals surface area (Å²) < 4.78 is 12.8. The number of amides is 1. The predicted octanol–water partition coefficient (Wildman–Crippen LogP) is 3.54. The van der Waals surface area contributed by atoms with Crippen LogP contribution in [0.1, 0.15) is 35.3 Å². The molecule has 0 atom stereocenters. The van der Waals surface area contributed by atoms with Gasteiger partial charge in [-0.1, -0.05) is 31.2 Å². The molecule has 0 fully saturated rings. The summed E-state index contributed by atoms with van der Waals surface area (Å²) in [5.41, 5.74) is 5.76. The predicted molar refractivity (Wildman–Crippen MR) is 81.9 cm³/mol. The van der Waals surface area contributed by atoms with Gasteiger partial charge >= 0.3 is 0 Å². The van der Waals surface area contributed by atoms with Gasteiger partial charge in [-0.3, -0.25) is 4.79 Å². The van der Waals surface area contributed by atoms with Crippen molar-refractivity contribution < 1.29 is 9.18 Å². The van der Waals surface area contributed by atoms with Crippen molar-refractivity contribution >= 4 is 11.6 Å². The molecule has 0 aliphatic carbocycles. The van der Waals surface area contributed by atoms with Crippen molar-refractivity contribution in [3.63, 3.8) is 0 Å². The van der Waals surface area contributed by atoms with E-state index < -0.39 is 0 Å². The molecule has 0 aromatic heterocycles. The van der Waals surface area contributed by atoms with Crippen LogP contribution in [0, 0.1) is 5.82 Å². The molecule has 3 nitrogen and oxygen atoms in total. The Morgan fingerprint density at radius 1 is 1.05 bits per heavy atom. The molecule has 0 saturated heterocycles. The largest absolute Gasteiger partial charge is 0.271 e. The number of nitrogens with one attached hydrogen (secondary N) is 1. The maximum absolute atomic E-state index is 12.8. The van der Waals surface area contributed by atoms with E-state index in [0.717, 1.165) is 12.0 Å². The van der Waals surface area contributed by atoms with Crippen molar-refractivity contribution in [1.82, 2.24) is 5.43 Å². The van der Waals surface area contributed by atoms with Crippen molar-refractivity contribution in [1.29, 1.82) is 0 Å². The Balaban J connectivity index is 2.05. The van der Waals surface area contributed by atoms with Crippen LogP contribution in [0.3, 0.4) is 0 Å². The van der Waals surface area contributed by atoms with Gasteiger partial charge in [0.05, 0.1) is 5.71 Å². The molecule has 1 N–H and O–H groups in total. The van der Waals surface area contributed by atoms with E-state index in [9.17, 15) is 9.18 Å². The molecular formula is C17H17FN2O. The lowest BCUT2D eigenvalue weighted by Crippen LogP contribution is -2.19. The van der Waals surface area contributed by atoms with Gasteiger partial charge in [-0.2, -0.15) is 5.10 Å². The van der Waals surface area contributed by atoms with Crippen LogP contribution in [0.5, 0.6) is 0 Å². The molecule has 4 heteroatoms. The SMILES string of the molecule is CCc1ccc(C(C)=NNC(=O)c2ccc(F)cc2)cc1. The zero-order valence-corrected chi connectivity index (χ0v) is 12.1. The zero-order chi connectivity index (χ0) is 15.2. The normalized spacial score (nSPS) is 11.3. The number of aryl methyl sites for hydroxylation is 1. The Hall–Kier alpha value is -2.49. The Kier molecular flexibility index (Phi) is 4.82. The average molecular weight is 284 g/mol. The van der Waals surface area contributed by atoms with Crippen molar-refractivity contribution in [3.8, 4) is 0 Å². The summed E-state index contributed by atoms with van der Waals surface area (Å²) in [5, 5.41) is 4.07. The number of rotatable bonds is 4. The molecule has 0 bridgehead atoms. The highest BCUT2D eigenvalue weighted by molar-refractivity contribution is 6.00. The third-order valence-electron chi connectivity index (χ3n) is 3.21. The number of carbonyl (C=O) groups is 1. The quantitative estimate of drug-likeness (QED) is 0.677. The van der Waals surface area contributed by atoms with Crippen molar-refractivity contribution in [2.75, 3.05) is 0 Å². The lowest BCUT2D eigenvalue weighted by Gasteiger charge is -2.04. The van der Waals surface area contributed by atoms with Crippen LogP contribution in [0.15, 0.2) is 53.6 Å². The zero-order valence-electron chi connectivity index (χ0n) is 12.1. The summed E-state index contributed by atoms with van der Waals surface area (Å²) in [5.74, 6) is -0.734. The molecule has 0 aliphatic rings. The molecule has 0 aliphatic heterocycles. The Morgan fingerprint density at radius 2 is 1.62 bits per heavy atom. The number of hydrogen-bond acceptors (Lipinski definition) is 2. The minimum Gasteiger partial charge on any atom is -0.267 e. The first kappa shape index (κ1) is 14.9. The summed E-state index contributed by atoms with van der Waals surface area (Å²) in [6.07, 6.45) is 0.984. The third-order valence-corrected chi connectivity index (χ3v) is 3.21. The summed E-state index contributed by atoms with van der Waals surface area (Å²) >= 11 is 0. The van der Waals surface area contributed by atoms with Gasteiger partial charge in [0.1, 0.15) is 5.82 Å². The van der Waals surface area contributed by atoms with E-state index in [1.54, 1.807) is 0 Å². The number of carbonyl (C=O) groups excluding carboxylic acids is 1. The second-order valence-corrected chi connectivity index (χ2v) is 4.70. The Labute approximate surface area is 123 Å². The molecule has 0 unspecified atom stereocenters. The van der Waals surface area contributed by atoms with E-state index in [0.29, 0.717) is 11.3 Å². The maximum Gasteiger partial charge on any atom is 0.271 e. The fraction of sp³-hybridized carbons (Fsp3) is 0.176. The van der Waals surface area contributed by atoms with Gasteiger partial charge in [0.2, 0.25) is 0 Å². The molecule has 0 saturated carbocycles. The number of hydrazone groups is 1. The lowest BCUT2D eigenvalue weighted by atomic mass is 10.1. The summed E-state index contributed by atoms with van der Waals surface area (Å²) in [6, 6.07) is 13.4. The highest BCUT2D eigenvalue weighted by Crippen LogP contribution is 2.06. The van der Waals surface area contributed by atoms with Crippen LogP contribution < -0.4 is 5.43 Å². The minimum absolute atomic E-state index is 0.362. The van der Waals surface area contributed by atoms with Gasteiger partial charge in [-0.05, 0) is 48.7 Å². The highest BCUT2D eigenvalue weighted by atomic mass is 19.1. The number of nitrogens with zero attached hydrogens (tertiary/aromatic N) is 1. The molecule has 21 heavy (non-hydrogen) atoms. The van der Waals surface area contributed by atoms with E-state index in [4.69, 9.17) is 0 Å². The number of hydrogen-bond donors (Lipinski definition) is 1. The lowest BCUT2D eigenvalue weighted by molar-refractivity contribution is 0.0955. The first-order valence-electron chi connectivity index (χ1n) is 6.79. The van der Waals surface area contributed by atoms with Crippen LogP contribution >= 0.6 is 0 Å². The molecule has 2 aromatic carbocycles. The standard InChI is InChI=1S/C17H17FN2O/c1-3-13-4-6-14(7-5-13)12(2)19-20-17(21)15-8-10-16(18)11-9-15/h4-11H,3H2,1-2H3,(H,20,21). The second kappa shape index (κ2) is 6.79. The van der Waals surface area contributed by atoms with E-state index >= 15 is 0 Å². The molecule has 2 rings (SSSR count). The van der Waals surface area contributed by atoms with Gasteiger partial charge in [0.15, 0.2) is 0 Å². The van der Waals surface area contributed by atoms with E-state index in [1.807, 2.05) is 31.2 Å². The van der Waals surface area contributed by atoms with Gasteiger partial charge in [0, 0.05) is 5.56 Å². The van der Waals surface area contributed by atoms with Crippen molar-refractivity contribution in [2.24, 2.45) is 5.10 Å². The van der Waals surface area contributed by atoms with Gasteiger partial charge < -0.3 is 0 Å². The summed E-state index contributed by atoms with van der Waals surface area (Å²) in [4.78, 5) is 11.9. The molecule has 2 aromatic rings. The maximum atomic E-state index is 12.8. The van der Waals surface area contributed by atoms with Crippen LogP contribution in [0.2, 0.25) is 0 Å². The fourth-order valence-corrected chi connectivity index (χ4v) is 1.85. The molecular weight excluding hydrogens is 267 g/mol. The van der Waals surface area contributed by atoms with Crippen LogP contribution in [-0.4, -0.2) is 11.6 Å². The number of benzene rings is 2. The highest BCUT2D eigenvalue weighted by Gasteiger charge is 2.05. The van der Waals surface area contributed by atoms with Gasteiger partial charge in [-0.15, -0.1) is 0 Å². The van der Waals surface area contributed by atoms with E-state index in [1.165, 1.54) is 29.8 Å². The Bertz CT molecular complexity index is 645. The smallest absolute Gasteiger partial charge is 0.267 e. The van der Waals surface area contributed by atoms with Crippen molar-refractivity contribution in [3.05, 3.63) is 71.0 Å². The van der Waals surface area contributed by atoms with Crippen LogP contribution in [-0.2, 0) is 6.42 Å². The molecule has 0 spiro atoms. The molecule has 0 heterocycles. The second-order valence-electron chi connectivity index (χ2n) is 4.70. The van der Waals surface area contributed by atoms with Crippen LogP contribution in [0.4, 0.5) is 4.39 Å². The third kappa shape index (κ3) is 3.99. The summed E-state index contributed by atoms with van der Waals surface area (Å²) in [6.45, 7) is 3.92. The Morgan fingerprint density at radius 3 is 2.19 bits per heavy atom. The average Bonchev–Trinajstić information content (AvgIpc) is 2.53. The van der Waals surface area contributed by atoms with Crippen molar-refractivity contribution in [2.45, 2.75) is 20.3 Å². The minimum atomic E-state index is -0.373. The molecule has 1 amide bonds.